The summed E-state index contributed by atoms with van der Waals surface area (Å²) in [4.78, 5) is 11.7. The molecule has 1 aromatic heterocycles. The van der Waals surface area contributed by atoms with Crippen LogP contribution in [0, 0.1) is 0 Å². The smallest absolute Gasteiger partial charge is 0.134 e. The topological polar surface area (TPSA) is 17.1 Å². The summed E-state index contributed by atoms with van der Waals surface area (Å²) in [6, 6.07) is 19.1. The Morgan fingerprint density at radius 3 is 2.52 bits per heavy atom. The molecule has 4 aromatic rings. The van der Waals surface area contributed by atoms with Crippen LogP contribution in [-0.4, -0.2) is 5.78 Å². The number of ketones is 1. The lowest BCUT2D eigenvalue weighted by molar-refractivity contribution is -0.116. The van der Waals surface area contributed by atoms with Crippen LogP contribution in [-0.2, 0) is 11.2 Å². The van der Waals surface area contributed by atoms with Gasteiger partial charge in [0.15, 0.2) is 0 Å². The molecule has 0 fully saturated rings. The molecule has 0 N–H and O–H groups in total. The quantitative estimate of drug-likeness (QED) is 0.487. The number of thiophene rings is 1. The molecule has 0 saturated carbocycles. The molecular formula is C19H14OS. The fraction of sp³-hybridized carbons (Fsp3) is 0.105. The number of carbonyl (C=O) groups is 1. The Hall–Kier alpha value is -2.19. The van der Waals surface area contributed by atoms with Crippen molar-refractivity contribution in [1.82, 2.24) is 0 Å². The summed E-state index contributed by atoms with van der Waals surface area (Å²) in [6.07, 6.45) is 0.502. The van der Waals surface area contributed by atoms with E-state index in [1.165, 1.54) is 30.9 Å². The van der Waals surface area contributed by atoms with Crippen LogP contribution in [0.2, 0.25) is 0 Å². The van der Waals surface area contributed by atoms with Crippen molar-refractivity contribution < 1.29 is 4.79 Å². The van der Waals surface area contributed by atoms with Crippen molar-refractivity contribution in [2.45, 2.75) is 13.3 Å². The Morgan fingerprint density at radius 1 is 1.00 bits per heavy atom. The van der Waals surface area contributed by atoms with Gasteiger partial charge in [-0.2, -0.15) is 0 Å². The lowest BCUT2D eigenvalue weighted by Crippen LogP contribution is -1.97. The minimum Gasteiger partial charge on any atom is -0.300 e. The highest BCUT2D eigenvalue weighted by Gasteiger charge is 2.13. The van der Waals surface area contributed by atoms with Gasteiger partial charge < -0.3 is 0 Å². The van der Waals surface area contributed by atoms with Crippen LogP contribution in [0.25, 0.3) is 30.9 Å². The van der Waals surface area contributed by atoms with Gasteiger partial charge in [-0.15, -0.1) is 11.3 Å². The molecule has 0 saturated heterocycles. The molecule has 21 heavy (non-hydrogen) atoms. The van der Waals surface area contributed by atoms with Gasteiger partial charge in [-0.05, 0) is 35.4 Å². The maximum Gasteiger partial charge on any atom is 0.134 e. The number of hydrogen-bond donors (Lipinski definition) is 0. The molecule has 2 heteroatoms. The zero-order valence-corrected chi connectivity index (χ0v) is 12.5. The van der Waals surface area contributed by atoms with E-state index in [-0.39, 0.29) is 5.78 Å². The summed E-state index contributed by atoms with van der Waals surface area (Å²) >= 11 is 1.82. The Morgan fingerprint density at radius 2 is 1.71 bits per heavy atom. The average Bonchev–Trinajstić information content (AvgIpc) is 2.86. The molecule has 0 radical (unpaired) electrons. The fourth-order valence-corrected chi connectivity index (χ4v) is 4.34. The number of carbonyl (C=O) groups excluding carboxylic acids is 1. The molecule has 102 valence electrons. The molecule has 0 spiro atoms. The SMILES string of the molecule is CC(=O)Cc1cc2ccccc2c2sc3ccccc3c12. The monoisotopic (exact) mass is 290 g/mol. The van der Waals surface area contributed by atoms with E-state index < -0.39 is 0 Å². The third kappa shape index (κ3) is 1.95. The molecule has 0 atom stereocenters. The predicted molar refractivity (Wildman–Crippen MR) is 91.2 cm³/mol. The normalized spacial score (nSPS) is 11.5. The zero-order valence-electron chi connectivity index (χ0n) is 11.7. The Kier molecular flexibility index (Phi) is 2.79. The molecule has 0 bridgehead atoms. The summed E-state index contributed by atoms with van der Waals surface area (Å²) < 4.78 is 2.58. The van der Waals surface area contributed by atoms with Crippen LogP contribution in [0.3, 0.4) is 0 Å². The standard InChI is InChI=1S/C19H14OS/c1-12(20)10-14-11-13-6-2-3-7-15(13)19-18(14)16-8-4-5-9-17(16)21-19/h2-9,11H,10H2,1H3. The van der Waals surface area contributed by atoms with Crippen LogP contribution in [0.4, 0.5) is 0 Å². The van der Waals surface area contributed by atoms with Crippen molar-refractivity contribution >= 4 is 48.1 Å². The minimum absolute atomic E-state index is 0.210. The molecule has 4 rings (SSSR count). The van der Waals surface area contributed by atoms with E-state index in [0.717, 1.165) is 5.56 Å². The second kappa shape index (κ2) is 4.68. The van der Waals surface area contributed by atoms with Gasteiger partial charge >= 0.3 is 0 Å². The zero-order chi connectivity index (χ0) is 14.4. The summed E-state index contributed by atoms with van der Waals surface area (Å²) in [5.74, 6) is 0.210. The molecule has 0 aliphatic heterocycles. The number of fused-ring (bicyclic) bond motifs is 5. The molecule has 0 aliphatic carbocycles. The summed E-state index contributed by atoms with van der Waals surface area (Å²) in [5, 5.41) is 5.01. The summed E-state index contributed by atoms with van der Waals surface area (Å²) in [6.45, 7) is 1.66. The second-order valence-electron chi connectivity index (χ2n) is 5.44. The molecule has 3 aromatic carbocycles. The lowest BCUT2D eigenvalue weighted by Gasteiger charge is -2.06. The second-order valence-corrected chi connectivity index (χ2v) is 6.49. The van der Waals surface area contributed by atoms with Crippen LogP contribution in [0.15, 0.2) is 54.6 Å². The number of rotatable bonds is 2. The predicted octanol–water partition coefficient (Wildman–Crippen LogP) is 5.34. The van der Waals surface area contributed by atoms with Crippen molar-refractivity contribution in [2.24, 2.45) is 0 Å². The molecule has 0 aliphatic rings. The van der Waals surface area contributed by atoms with E-state index >= 15 is 0 Å². The van der Waals surface area contributed by atoms with Gasteiger partial charge in [-0.1, -0.05) is 42.5 Å². The van der Waals surface area contributed by atoms with Crippen LogP contribution in [0.1, 0.15) is 12.5 Å². The Labute approximate surface area is 126 Å². The third-order valence-corrected chi connectivity index (χ3v) is 5.10. The van der Waals surface area contributed by atoms with Crippen molar-refractivity contribution in [3.8, 4) is 0 Å². The van der Waals surface area contributed by atoms with Gasteiger partial charge in [0.05, 0.1) is 0 Å². The van der Waals surface area contributed by atoms with E-state index in [9.17, 15) is 4.79 Å². The highest BCUT2D eigenvalue weighted by atomic mass is 32.1. The largest absolute Gasteiger partial charge is 0.300 e. The molecule has 1 heterocycles. The van der Waals surface area contributed by atoms with E-state index in [4.69, 9.17) is 0 Å². The molecule has 0 unspecified atom stereocenters. The van der Waals surface area contributed by atoms with E-state index in [1.54, 1.807) is 6.92 Å². The van der Waals surface area contributed by atoms with Gasteiger partial charge in [0.25, 0.3) is 0 Å². The van der Waals surface area contributed by atoms with Gasteiger partial charge in [0.1, 0.15) is 5.78 Å². The van der Waals surface area contributed by atoms with Crippen molar-refractivity contribution in [1.29, 1.82) is 0 Å². The van der Waals surface area contributed by atoms with E-state index in [2.05, 4.69) is 54.6 Å². The van der Waals surface area contributed by atoms with Gasteiger partial charge in [-0.3, -0.25) is 4.79 Å². The minimum atomic E-state index is 0.210. The highest BCUT2D eigenvalue weighted by molar-refractivity contribution is 7.26. The molecular weight excluding hydrogens is 276 g/mol. The number of benzene rings is 3. The number of Topliss-reactive ketones (excluding diaryl/α,β-unsaturated/α-hetero) is 1. The first kappa shape index (κ1) is 12.5. The van der Waals surface area contributed by atoms with Crippen LogP contribution >= 0.6 is 11.3 Å². The summed E-state index contributed by atoms with van der Waals surface area (Å²) in [5.41, 5.74) is 1.15. The highest BCUT2D eigenvalue weighted by Crippen LogP contribution is 2.40. The molecule has 0 amide bonds. The van der Waals surface area contributed by atoms with Crippen molar-refractivity contribution in [3.63, 3.8) is 0 Å². The average molecular weight is 290 g/mol. The lowest BCUT2D eigenvalue weighted by atomic mass is 9.97. The molecule has 1 nitrogen and oxygen atoms in total. The Bertz CT molecular complexity index is 994. The number of hydrogen-bond acceptors (Lipinski definition) is 2. The first-order chi connectivity index (χ1) is 10.2. The first-order valence-corrected chi connectivity index (χ1v) is 7.87. The van der Waals surface area contributed by atoms with Gasteiger partial charge in [0.2, 0.25) is 0 Å². The summed E-state index contributed by atoms with van der Waals surface area (Å²) in [7, 11) is 0. The van der Waals surface area contributed by atoms with Crippen LogP contribution in [0.5, 0.6) is 0 Å². The third-order valence-electron chi connectivity index (χ3n) is 3.89. The van der Waals surface area contributed by atoms with Crippen molar-refractivity contribution in [2.75, 3.05) is 0 Å². The fourth-order valence-electron chi connectivity index (χ4n) is 3.05. The first-order valence-electron chi connectivity index (χ1n) is 7.05. The van der Waals surface area contributed by atoms with E-state index in [0.29, 0.717) is 6.42 Å². The maximum absolute atomic E-state index is 11.7. The van der Waals surface area contributed by atoms with Crippen molar-refractivity contribution in [3.05, 3.63) is 60.2 Å². The maximum atomic E-state index is 11.7. The van der Waals surface area contributed by atoms with Gasteiger partial charge in [0, 0.05) is 26.6 Å². The van der Waals surface area contributed by atoms with Crippen LogP contribution < -0.4 is 0 Å². The Balaban J connectivity index is 2.24. The van der Waals surface area contributed by atoms with E-state index in [1.807, 2.05) is 11.3 Å². The van der Waals surface area contributed by atoms with Gasteiger partial charge in [-0.25, -0.2) is 0 Å².